The zero-order valence-corrected chi connectivity index (χ0v) is 15.3. The number of anilines is 3. The molecule has 0 spiro atoms. The third-order valence-corrected chi connectivity index (χ3v) is 4.89. The van der Waals surface area contributed by atoms with Crippen LogP contribution >= 0.6 is 23.1 Å². The number of nitrogens with one attached hydrogen (secondary N) is 3. The molecule has 0 fully saturated rings. The van der Waals surface area contributed by atoms with Crippen LogP contribution in [0.1, 0.15) is 0 Å². The second-order valence-corrected chi connectivity index (χ2v) is 7.09. The minimum Gasteiger partial charge on any atom is -0.308 e. The van der Waals surface area contributed by atoms with E-state index < -0.39 is 0 Å². The molecule has 0 bridgehead atoms. The van der Waals surface area contributed by atoms with Crippen molar-refractivity contribution in [2.75, 3.05) is 21.7 Å². The minimum atomic E-state index is -0.306. The molecule has 1 heterocycles. The lowest BCUT2D eigenvalue weighted by Gasteiger charge is -2.08. The van der Waals surface area contributed by atoms with E-state index in [-0.39, 0.29) is 11.9 Å². The number of hydrogen-bond donors (Lipinski definition) is 3. The second-order valence-electron chi connectivity index (χ2n) is 5.14. The highest BCUT2D eigenvalue weighted by Gasteiger charge is 2.06. The molecule has 3 N–H and O–H groups in total. The van der Waals surface area contributed by atoms with Crippen molar-refractivity contribution in [3.8, 4) is 0 Å². The van der Waals surface area contributed by atoms with E-state index in [0.29, 0.717) is 16.6 Å². The Morgan fingerprint density at radius 2 is 1.62 bits per heavy atom. The van der Waals surface area contributed by atoms with Crippen LogP contribution in [0.4, 0.5) is 21.3 Å². The van der Waals surface area contributed by atoms with Crippen molar-refractivity contribution in [3.63, 3.8) is 0 Å². The second kappa shape index (κ2) is 9.02. The SMILES string of the molecule is O=C(CSc1ccc(NC(=O)Nc2ccccc2)cc1)Nc1nccs1. The molecule has 132 valence electrons. The largest absolute Gasteiger partial charge is 0.323 e. The van der Waals surface area contributed by atoms with Crippen molar-refractivity contribution < 1.29 is 9.59 Å². The molecule has 0 saturated carbocycles. The Bertz CT molecular complexity index is 853. The van der Waals surface area contributed by atoms with Crippen molar-refractivity contribution >= 4 is 51.5 Å². The minimum absolute atomic E-state index is 0.102. The summed E-state index contributed by atoms with van der Waals surface area (Å²) in [5.74, 6) is 0.190. The first kappa shape index (κ1) is 18.0. The fraction of sp³-hybridized carbons (Fsp3) is 0.0556. The van der Waals surface area contributed by atoms with Gasteiger partial charge in [-0.2, -0.15) is 0 Å². The summed E-state index contributed by atoms with van der Waals surface area (Å²) in [6.45, 7) is 0. The summed E-state index contributed by atoms with van der Waals surface area (Å²) in [7, 11) is 0. The number of benzene rings is 2. The quantitative estimate of drug-likeness (QED) is 0.546. The van der Waals surface area contributed by atoms with Crippen LogP contribution in [0.25, 0.3) is 0 Å². The Kier molecular flexibility index (Phi) is 6.24. The average Bonchev–Trinajstić information content (AvgIpc) is 3.15. The van der Waals surface area contributed by atoms with Crippen LogP contribution in [0.3, 0.4) is 0 Å². The van der Waals surface area contributed by atoms with Gasteiger partial charge in [0.15, 0.2) is 5.13 Å². The summed E-state index contributed by atoms with van der Waals surface area (Å²) >= 11 is 2.80. The summed E-state index contributed by atoms with van der Waals surface area (Å²) in [5.41, 5.74) is 1.40. The summed E-state index contributed by atoms with van der Waals surface area (Å²) in [6, 6.07) is 16.2. The lowest BCUT2D eigenvalue weighted by atomic mass is 10.3. The van der Waals surface area contributed by atoms with E-state index >= 15 is 0 Å². The molecule has 0 aliphatic carbocycles. The van der Waals surface area contributed by atoms with Crippen LogP contribution in [0.15, 0.2) is 71.1 Å². The fourth-order valence-corrected chi connectivity index (χ4v) is 3.28. The molecule has 0 unspecified atom stereocenters. The predicted octanol–water partition coefficient (Wildman–Crippen LogP) is 4.52. The van der Waals surface area contributed by atoms with Gasteiger partial charge in [0.05, 0.1) is 5.75 Å². The van der Waals surface area contributed by atoms with Gasteiger partial charge in [0.25, 0.3) is 0 Å². The molecule has 3 aromatic rings. The highest BCUT2D eigenvalue weighted by molar-refractivity contribution is 8.00. The molecule has 8 heteroatoms. The highest BCUT2D eigenvalue weighted by atomic mass is 32.2. The lowest BCUT2D eigenvalue weighted by Crippen LogP contribution is -2.19. The van der Waals surface area contributed by atoms with Gasteiger partial charge < -0.3 is 16.0 Å². The Morgan fingerprint density at radius 1 is 0.923 bits per heavy atom. The maximum atomic E-state index is 11.9. The monoisotopic (exact) mass is 384 g/mol. The third-order valence-electron chi connectivity index (χ3n) is 3.19. The number of aromatic nitrogens is 1. The summed E-state index contributed by atoms with van der Waals surface area (Å²) in [4.78, 5) is 28.7. The molecule has 26 heavy (non-hydrogen) atoms. The maximum Gasteiger partial charge on any atom is 0.323 e. The molecule has 0 atom stereocenters. The zero-order chi connectivity index (χ0) is 18.2. The summed E-state index contributed by atoms with van der Waals surface area (Å²) in [6.07, 6.45) is 1.65. The molecule has 6 nitrogen and oxygen atoms in total. The van der Waals surface area contributed by atoms with E-state index in [2.05, 4.69) is 20.9 Å². The molecular weight excluding hydrogens is 368 g/mol. The average molecular weight is 384 g/mol. The van der Waals surface area contributed by atoms with Crippen molar-refractivity contribution in [2.24, 2.45) is 0 Å². The van der Waals surface area contributed by atoms with Gasteiger partial charge in [0.1, 0.15) is 0 Å². The van der Waals surface area contributed by atoms with E-state index in [9.17, 15) is 9.59 Å². The van der Waals surface area contributed by atoms with Gasteiger partial charge in [0, 0.05) is 27.8 Å². The number of para-hydroxylation sites is 1. The van der Waals surface area contributed by atoms with Crippen LogP contribution in [0.2, 0.25) is 0 Å². The van der Waals surface area contributed by atoms with Gasteiger partial charge in [-0.1, -0.05) is 18.2 Å². The van der Waals surface area contributed by atoms with E-state index in [0.717, 1.165) is 10.6 Å². The molecular formula is C18H16N4O2S2. The van der Waals surface area contributed by atoms with Gasteiger partial charge >= 0.3 is 6.03 Å². The Hall–Kier alpha value is -2.84. The first-order chi connectivity index (χ1) is 12.7. The summed E-state index contributed by atoms with van der Waals surface area (Å²) < 4.78 is 0. The molecule has 0 aliphatic rings. The van der Waals surface area contributed by atoms with Crippen molar-refractivity contribution in [2.45, 2.75) is 4.90 Å². The molecule has 1 aromatic heterocycles. The molecule has 3 rings (SSSR count). The van der Waals surface area contributed by atoms with Crippen LogP contribution in [-0.2, 0) is 4.79 Å². The number of carbonyl (C=O) groups excluding carboxylic acids is 2. The van der Waals surface area contributed by atoms with Gasteiger partial charge in [0.2, 0.25) is 5.91 Å². The normalized spacial score (nSPS) is 10.2. The number of amides is 3. The first-order valence-corrected chi connectivity index (χ1v) is 9.61. The van der Waals surface area contributed by atoms with Crippen molar-refractivity contribution in [1.82, 2.24) is 4.98 Å². The van der Waals surface area contributed by atoms with E-state index in [1.54, 1.807) is 18.3 Å². The number of hydrogen-bond acceptors (Lipinski definition) is 5. The van der Waals surface area contributed by atoms with Crippen molar-refractivity contribution in [1.29, 1.82) is 0 Å². The lowest BCUT2D eigenvalue weighted by molar-refractivity contribution is -0.113. The Morgan fingerprint density at radius 3 is 2.27 bits per heavy atom. The maximum absolute atomic E-state index is 11.9. The van der Waals surface area contributed by atoms with Gasteiger partial charge in [-0.3, -0.25) is 4.79 Å². The predicted molar refractivity (Wildman–Crippen MR) is 107 cm³/mol. The molecule has 0 aliphatic heterocycles. The van der Waals surface area contributed by atoms with Gasteiger partial charge in [-0.25, -0.2) is 9.78 Å². The topological polar surface area (TPSA) is 83.1 Å². The van der Waals surface area contributed by atoms with Crippen LogP contribution < -0.4 is 16.0 Å². The molecule has 0 radical (unpaired) electrons. The number of urea groups is 1. The smallest absolute Gasteiger partial charge is 0.308 e. The number of thioether (sulfide) groups is 1. The Balaban J connectivity index is 1.45. The van der Waals surface area contributed by atoms with Gasteiger partial charge in [-0.05, 0) is 36.4 Å². The standard InChI is InChI=1S/C18H16N4O2S2/c23-16(22-18-19-10-11-25-18)12-26-15-8-6-14(7-9-15)21-17(24)20-13-4-2-1-3-5-13/h1-11H,12H2,(H,19,22,23)(H2,20,21,24). The van der Waals surface area contributed by atoms with Gasteiger partial charge in [-0.15, -0.1) is 23.1 Å². The fourth-order valence-electron chi connectivity index (χ4n) is 2.04. The number of carbonyl (C=O) groups is 2. The number of nitrogens with zero attached hydrogens (tertiary/aromatic N) is 1. The van der Waals surface area contributed by atoms with Crippen LogP contribution in [-0.4, -0.2) is 22.7 Å². The van der Waals surface area contributed by atoms with Crippen LogP contribution in [0, 0.1) is 0 Å². The number of rotatable bonds is 6. The highest BCUT2D eigenvalue weighted by Crippen LogP contribution is 2.21. The van der Waals surface area contributed by atoms with E-state index in [4.69, 9.17) is 0 Å². The van der Waals surface area contributed by atoms with Crippen molar-refractivity contribution in [3.05, 3.63) is 66.2 Å². The van der Waals surface area contributed by atoms with E-state index in [1.807, 2.05) is 47.8 Å². The number of thiazole rings is 1. The molecule has 2 aromatic carbocycles. The molecule has 0 saturated heterocycles. The summed E-state index contributed by atoms with van der Waals surface area (Å²) in [5, 5.41) is 10.7. The Labute approximate surface area is 159 Å². The third kappa shape index (κ3) is 5.61. The van der Waals surface area contributed by atoms with Crippen LogP contribution in [0.5, 0.6) is 0 Å². The first-order valence-electron chi connectivity index (χ1n) is 7.74. The zero-order valence-electron chi connectivity index (χ0n) is 13.6. The molecule has 3 amide bonds. The van der Waals surface area contributed by atoms with E-state index in [1.165, 1.54) is 23.1 Å².